The molecule has 0 aliphatic rings. The minimum absolute atomic E-state index is 0.187. The van der Waals surface area contributed by atoms with E-state index in [-0.39, 0.29) is 19.0 Å². The van der Waals surface area contributed by atoms with Crippen molar-refractivity contribution in [3.63, 3.8) is 0 Å². The number of ether oxygens (including phenoxy) is 1. The van der Waals surface area contributed by atoms with Crippen molar-refractivity contribution in [3.05, 3.63) is 59.7 Å². The molecule has 0 aliphatic carbocycles. The maximum atomic E-state index is 13.4. The number of hydrogen-bond donors (Lipinski definition) is 4. The molecule has 0 radical (unpaired) electrons. The lowest BCUT2D eigenvalue weighted by molar-refractivity contribution is -0.138. The van der Waals surface area contributed by atoms with E-state index in [9.17, 15) is 27.1 Å². The standard InChI is InChI=1S/C19H22F2N4O6S/c20-15-7-6-14(11-16(15)21)32(28,29)25-17(18(26)27)10-12-2-4-13(5-3-12)30-8-1-9-31-24-19(22)23/h2-7,11,17,25H,1,8-10H2,(H,26,27)(H4,22,23,24)/t17-/m0/s1. The summed E-state index contributed by atoms with van der Waals surface area (Å²) in [4.78, 5) is 15.8. The van der Waals surface area contributed by atoms with Crippen LogP contribution >= 0.6 is 0 Å². The first-order chi connectivity index (χ1) is 15.1. The summed E-state index contributed by atoms with van der Waals surface area (Å²) in [6.45, 7) is 0.555. The zero-order chi connectivity index (χ0) is 23.7. The van der Waals surface area contributed by atoms with Gasteiger partial charge in [0, 0.05) is 6.42 Å². The molecule has 0 heterocycles. The predicted octanol–water partition coefficient (Wildman–Crippen LogP) is 0.913. The van der Waals surface area contributed by atoms with Crippen LogP contribution in [0, 0.1) is 11.6 Å². The van der Waals surface area contributed by atoms with E-state index in [0.29, 0.717) is 36.5 Å². The number of sulfonamides is 1. The number of carboxylic acids is 1. The lowest BCUT2D eigenvalue weighted by Gasteiger charge is -2.15. The van der Waals surface area contributed by atoms with Crippen molar-refractivity contribution in [2.24, 2.45) is 16.6 Å². The summed E-state index contributed by atoms with van der Waals surface area (Å²) >= 11 is 0. The van der Waals surface area contributed by atoms with Gasteiger partial charge in [0.15, 0.2) is 11.6 Å². The highest BCUT2D eigenvalue weighted by Crippen LogP contribution is 2.17. The van der Waals surface area contributed by atoms with Gasteiger partial charge in [0.1, 0.15) is 18.4 Å². The number of halogens is 2. The largest absolute Gasteiger partial charge is 0.493 e. The molecule has 0 bridgehead atoms. The zero-order valence-corrected chi connectivity index (χ0v) is 17.5. The van der Waals surface area contributed by atoms with E-state index >= 15 is 0 Å². The van der Waals surface area contributed by atoms with E-state index < -0.39 is 38.6 Å². The number of hydrogen-bond acceptors (Lipinski definition) is 6. The van der Waals surface area contributed by atoms with Crippen molar-refractivity contribution in [1.29, 1.82) is 0 Å². The molecule has 2 aromatic rings. The quantitative estimate of drug-likeness (QED) is 0.153. The maximum absolute atomic E-state index is 13.4. The summed E-state index contributed by atoms with van der Waals surface area (Å²) in [5.41, 5.74) is 10.7. The highest BCUT2D eigenvalue weighted by molar-refractivity contribution is 7.89. The second kappa shape index (κ2) is 11.2. The zero-order valence-electron chi connectivity index (χ0n) is 16.7. The second-order valence-corrected chi connectivity index (χ2v) is 8.20. The smallest absolute Gasteiger partial charge is 0.322 e. The Labute approximate surface area is 182 Å². The van der Waals surface area contributed by atoms with Crippen LogP contribution in [0.1, 0.15) is 12.0 Å². The number of nitrogens with one attached hydrogen (secondary N) is 1. The fourth-order valence-corrected chi connectivity index (χ4v) is 3.67. The van der Waals surface area contributed by atoms with Crippen LogP contribution in [-0.2, 0) is 26.1 Å². The summed E-state index contributed by atoms with van der Waals surface area (Å²) in [6.07, 6.45) is 0.316. The Balaban J connectivity index is 1.95. The molecule has 0 aromatic heterocycles. The fourth-order valence-electron chi connectivity index (χ4n) is 2.47. The monoisotopic (exact) mass is 472 g/mol. The lowest BCUT2D eigenvalue weighted by Crippen LogP contribution is -2.42. The van der Waals surface area contributed by atoms with Gasteiger partial charge in [-0.05, 0) is 47.5 Å². The minimum Gasteiger partial charge on any atom is -0.493 e. The third-order valence-corrected chi connectivity index (χ3v) is 5.45. The second-order valence-electron chi connectivity index (χ2n) is 6.49. The Morgan fingerprint density at radius 2 is 1.78 bits per heavy atom. The topological polar surface area (TPSA) is 166 Å². The molecule has 0 unspecified atom stereocenters. The number of oxime groups is 1. The summed E-state index contributed by atoms with van der Waals surface area (Å²) in [5.74, 6) is -3.70. The van der Waals surface area contributed by atoms with Crippen molar-refractivity contribution >= 4 is 22.0 Å². The van der Waals surface area contributed by atoms with Gasteiger partial charge in [-0.2, -0.15) is 4.72 Å². The van der Waals surface area contributed by atoms with E-state index in [1.54, 1.807) is 24.3 Å². The Bertz CT molecular complexity index is 1060. The highest BCUT2D eigenvalue weighted by Gasteiger charge is 2.26. The lowest BCUT2D eigenvalue weighted by atomic mass is 10.1. The summed E-state index contributed by atoms with van der Waals surface area (Å²) < 4.78 is 58.6. The van der Waals surface area contributed by atoms with E-state index in [2.05, 4.69) is 5.16 Å². The molecule has 0 aliphatic heterocycles. The highest BCUT2D eigenvalue weighted by atomic mass is 32.2. The van der Waals surface area contributed by atoms with E-state index in [0.717, 1.165) is 6.07 Å². The van der Waals surface area contributed by atoms with Crippen molar-refractivity contribution in [1.82, 2.24) is 4.72 Å². The Morgan fingerprint density at radius 1 is 1.09 bits per heavy atom. The molecular formula is C19H22F2N4O6S. The molecule has 0 saturated heterocycles. The molecule has 32 heavy (non-hydrogen) atoms. The predicted molar refractivity (Wildman–Crippen MR) is 110 cm³/mol. The number of guanidine groups is 1. The van der Waals surface area contributed by atoms with Crippen LogP contribution < -0.4 is 20.9 Å². The molecule has 0 fully saturated rings. The molecule has 0 amide bonds. The SMILES string of the molecule is NC(N)=NOCCCOc1ccc(C[C@H](NS(=O)(=O)c2ccc(F)c(F)c2)C(=O)O)cc1. The third kappa shape index (κ3) is 7.67. The first kappa shape index (κ1) is 24.8. The van der Waals surface area contributed by atoms with Gasteiger partial charge >= 0.3 is 5.97 Å². The van der Waals surface area contributed by atoms with Gasteiger partial charge in [0.05, 0.1) is 11.5 Å². The van der Waals surface area contributed by atoms with Crippen molar-refractivity contribution < 1.29 is 36.7 Å². The summed E-state index contributed by atoms with van der Waals surface area (Å²) in [5, 5.41) is 12.8. The van der Waals surface area contributed by atoms with Gasteiger partial charge < -0.3 is 26.1 Å². The van der Waals surface area contributed by atoms with Gasteiger partial charge in [0.2, 0.25) is 16.0 Å². The molecule has 13 heteroatoms. The first-order valence-corrected chi connectivity index (χ1v) is 10.7. The Kier molecular flexibility index (Phi) is 8.72. The maximum Gasteiger partial charge on any atom is 0.322 e. The first-order valence-electron chi connectivity index (χ1n) is 9.21. The fraction of sp³-hybridized carbons (Fsp3) is 0.263. The number of rotatable bonds is 12. The number of aliphatic carboxylic acids is 1. The summed E-state index contributed by atoms with van der Waals surface area (Å²) in [7, 11) is -4.40. The summed E-state index contributed by atoms with van der Waals surface area (Å²) in [6, 6.07) is 6.77. The Morgan fingerprint density at radius 3 is 2.38 bits per heavy atom. The minimum atomic E-state index is -4.40. The van der Waals surface area contributed by atoms with Crippen LogP contribution in [0.5, 0.6) is 5.75 Å². The molecule has 2 rings (SSSR count). The van der Waals surface area contributed by atoms with Crippen molar-refractivity contribution in [2.75, 3.05) is 13.2 Å². The van der Waals surface area contributed by atoms with Gasteiger partial charge in [-0.15, -0.1) is 0 Å². The molecule has 0 spiro atoms. The Hall–Kier alpha value is -3.45. The van der Waals surface area contributed by atoms with E-state index in [4.69, 9.17) is 21.0 Å². The average molecular weight is 472 g/mol. The normalized spacial score (nSPS) is 12.1. The van der Waals surface area contributed by atoms with Crippen LogP contribution in [0.4, 0.5) is 8.78 Å². The number of carboxylic acid groups (broad SMARTS) is 1. The molecule has 10 nitrogen and oxygen atoms in total. The van der Waals surface area contributed by atoms with Crippen LogP contribution in [0.3, 0.4) is 0 Å². The molecule has 2 aromatic carbocycles. The molecular weight excluding hydrogens is 450 g/mol. The van der Waals surface area contributed by atoms with Crippen LogP contribution in [0.2, 0.25) is 0 Å². The van der Waals surface area contributed by atoms with Crippen LogP contribution in [0.15, 0.2) is 52.5 Å². The van der Waals surface area contributed by atoms with Crippen LogP contribution in [0.25, 0.3) is 0 Å². The molecule has 6 N–H and O–H groups in total. The van der Waals surface area contributed by atoms with E-state index in [1.165, 1.54) is 0 Å². The molecule has 0 saturated carbocycles. The average Bonchev–Trinajstić information content (AvgIpc) is 2.72. The van der Waals surface area contributed by atoms with Gasteiger partial charge in [-0.3, -0.25) is 4.79 Å². The van der Waals surface area contributed by atoms with Gasteiger partial charge in [-0.25, -0.2) is 17.2 Å². The molecule has 174 valence electrons. The number of carbonyl (C=O) groups is 1. The van der Waals surface area contributed by atoms with E-state index in [1.807, 2.05) is 4.72 Å². The number of nitrogens with zero attached hydrogens (tertiary/aromatic N) is 1. The van der Waals surface area contributed by atoms with Crippen LogP contribution in [-0.4, -0.2) is 44.7 Å². The van der Waals surface area contributed by atoms with Crippen molar-refractivity contribution in [3.8, 4) is 5.75 Å². The molecule has 1 atom stereocenters. The van der Waals surface area contributed by atoms with Crippen molar-refractivity contribution in [2.45, 2.75) is 23.8 Å². The number of benzene rings is 2. The van der Waals surface area contributed by atoms with Gasteiger partial charge in [0.25, 0.3) is 0 Å². The van der Waals surface area contributed by atoms with Gasteiger partial charge in [-0.1, -0.05) is 12.1 Å². The third-order valence-electron chi connectivity index (χ3n) is 3.98. The number of nitrogens with two attached hydrogens (primary N) is 2.